The van der Waals surface area contributed by atoms with Crippen LogP contribution in [-0.2, 0) is 17.3 Å². The molecular formula is C15H24OS3. The summed E-state index contributed by atoms with van der Waals surface area (Å²) in [6.45, 7) is 6.51. The highest BCUT2D eigenvalue weighted by Crippen LogP contribution is 2.31. The quantitative estimate of drug-likeness (QED) is 0.679. The first-order valence-electron chi connectivity index (χ1n) is 6.79. The monoisotopic (exact) mass is 316 g/mol. The number of thioether (sulfide) groups is 3. The first-order chi connectivity index (χ1) is 9.22. The molecule has 1 N–H and O–H groups in total. The van der Waals surface area contributed by atoms with Crippen LogP contribution in [0.2, 0.25) is 0 Å². The number of hydrogen-bond donors (Lipinski definition) is 1. The van der Waals surface area contributed by atoms with Crippen LogP contribution in [0.25, 0.3) is 0 Å². The Balaban J connectivity index is 2.92. The van der Waals surface area contributed by atoms with E-state index in [4.69, 9.17) is 0 Å². The molecule has 0 amide bonds. The number of phenolic OH excluding ortho intramolecular Hbond substituents is 1. The highest BCUT2D eigenvalue weighted by atomic mass is 32.2. The molecule has 1 aromatic rings. The minimum absolute atomic E-state index is 0.521. The maximum Gasteiger partial charge on any atom is 0.123 e. The zero-order valence-corrected chi connectivity index (χ0v) is 14.5. The SMILES string of the molecule is CCSCc1cc(CSCC)c(O)c(CSCC)c1. The van der Waals surface area contributed by atoms with Crippen LogP contribution < -0.4 is 0 Å². The Kier molecular flexibility index (Phi) is 8.92. The Morgan fingerprint density at radius 2 is 1.21 bits per heavy atom. The van der Waals surface area contributed by atoms with Crippen LogP contribution in [0.15, 0.2) is 12.1 Å². The summed E-state index contributed by atoms with van der Waals surface area (Å²) in [6, 6.07) is 4.36. The second kappa shape index (κ2) is 9.89. The van der Waals surface area contributed by atoms with E-state index in [1.54, 1.807) is 0 Å². The Bertz CT molecular complexity index is 351. The largest absolute Gasteiger partial charge is 0.507 e. The molecule has 0 bridgehead atoms. The van der Waals surface area contributed by atoms with Gasteiger partial charge < -0.3 is 5.11 Å². The van der Waals surface area contributed by atoms with Crippen molar-refractivity contribution < 1.29 is 5.11 Å². The molecule has 1 aromatic carbocycles. The maximum absolute atomic E-state index is 10.4. The van der Waals surface area contributed by atoms with Crippen molar-refractivity contribution >= 4 is 35.3 Å². The van der Waals surface area contributed by atoms with Crippen LogP contribution in [0.1, 0.15) is 37.5 Å². The lowest BCUT2D eigenvalue weighted by Gasteiger charge is -2.12. The van der Waals surface area contributed by atoms with Gasteiger partial charge in [0, 0.05) is 28.4 Å². The van der Waals surface area contributed by atoms with Gasteiger partial charge in [0.05, 0.1) is 0 Å². The molecular weight excluding hydrogens is 292 g/mol. The Labute approximate surface area is 130 Å². The fraction of sp³-hybridized carbons (Fsp3) is 0.600. The molecule has 0 fully saturated rings. The summed E-state index contributed by atoms with van der Waals surface area (Å²) in [7, 11) is 0. The molecule has 108 valence electrons. The van der Waals surface area contributed by atoms with Gasteiger partial charge in [0.15, 0.2) is 0 Å². The molecule has 0 aliphatic carbocycles. The van der Waals surface area contributed by atoms with Crippen molar-refractivity contribution in [2.24, 2.45) is 0 Å². The summed E-state index contributed by atoms with van der Waals surface area (Å²) in [5, 5.41) is 10.4. The molecule has 0 atom stereocenters. The average molecular weight is 317 g/mol. The molecule has 1 rings (SSSR count). The number of phenols is 1. The normalized spacial score (nSPS) is 10.9. The van der Waals surface area contributed by atoms with Crippen LogP contribution in [0.3, 0.4) is 0 Å². The predicted molar refractivity (Wildman–Crippen MR) is 93.6 cm³/mol. The minimum atomic E-state index is 0.521. The lowest BCUT2D eigenvalue weighted by atomic mass is 10.1. The van der Waals surface area contributed by atoms with Gasteiger partial charge in [-0.1, -0.05) is 32.9 Å². The molecule has 0 aliphatic rings. The van der Waals surface area contributed by atoms with E-state index in [9.17, 15) is 5.11 Å². The van der Waals surface area contributed by atoms with Gasteiger partial charge in [0.2, 0.25) is 0 Å². The van der Waals surface area contributed by atoms with Gasteiger partial charge in [-0.25, -0.2) is 0 Å². The highest BCUT2D eigenvalue weighted by Gasteiger charge is 2.10. The van der Waals surface area contributed by atoms with E-state index in [1.165, 1.54) is 5.56 Å². The molecule has 0 heterocycles. The van der Waals surface area contributed by atoms with Crippen LogP contribution in [0, 0.1) is 0 Å². The maximum atomic E-state index is 10.4. The van der Waals surface area contributed by atoms with E-state index >= 15 is 0 Å². The minimum Gasteiger partial charge on any atom is -0.507 e. The lowest BCUT2D eigenvalue weighted by Crippen LogP contribution is -1.94. The smallest absolute Gasteiger partial charge is 0.123 e. The summed E-state index contributed by atoms with van der Waals surface area (Å²) in [5.41, 5.74) is 3.56. The molecule has 0 aliphatic heterocycles. The van der Waals surface area contributed by atoms with Gasteiger partial charge >= 0.3 is 0 Å². The fourth-order valence-corrected chi connectivity index (χ4v) is 3.67. The highest BCUT2D eigenvalue weighted by molar-refractivity contribution is 7.98. The summed E-state index contributed by atoms with van der Waals surface area (Å²) in [4.78, 5) is 0. The van der Waals surface area contributed by atoms with Gasteiger partial charge in [-0.15, -0.1) is 0 Å². The third kappa shape index (κ3) is 5.92. The number of benzene rings is 1. The third-order valence-corrected chi connectivity index (χ3v) is 5.52. The molecule has 0 saturated heterocycles. The zero-order chi connectivity index (χ0) is 14.1. The van der Waals surface area contributed by atoms with Crippen LogP contribution in [0.4, 0.5) is 0 Å². The van der Waals surface area contributed by atoms with E-state index in [0.717, 1.165) is 45.6 Å². The number of hydrogen-bond acceptors (Lipinski definition) is 4. The van der Waals surface area contributed by atoms with Crippen molar-refractivity contribution in [2.45, 2.75) is 38.0 Å². The number of rotatable bonds is 9. The molecule has 4 heteroatoms. The second-order valence-corrected chi connectivity index (χ2v) is 8.00. The van der Waals surface area contributed by atoms with Gasteiger partial charge in [-0.05, 0) is 22.8 Å². The Morgan fingerprint density at radius 1 is 0.789 bits per heavy atom. The van der Waals surface area contributed by atoms with Crippen LogP contribution >= 0.6 is 35.3 Å². The molecule has 1 nitrogen and oxygen atoms in total. The van der Waals surface area contributed by atoms with E-state index in [2.05, 4.69) is 32.9 Å². The first kappa shape index (κ1) is 17.1. The van der Waals surface area contributed by atoms with Crippen molar-refractivity contribution in [3.8, 4) is 5.75 Å². The average Bonchev–Trinajstić information content (AvgIpc) is 2.43. The summed E-state index contributed by atoms with van der Waals surface area (Å²) in [6.07, 6.45) is 0. The second-order valence-electron chi connectivity index (χ2n) is 4.17. The molecule has 0 unspecified atom stereocenters. The Hall–Kier alpha value is 0.0700. The van der Waals surface area contributed by atoms with Gasteiger partial charge in [-0.3, -0.25) is 0 Å². The Morgan fingerprint density at radius 3 is 1.63 bits per heavy atom. The molecule has 0 spiro atoms. The summed E-state index contributed by atoms with van der Waals surface area (Å²) >= 11 is 5.67. The van der Waals surface area contributed by atoms with Crippen molar-refractivity contribution in [2.75, 3.05) is 17.3 Å². The lowest BCUT2D eigenvalue weighted by molar-refractivity contribution is 0.465. The summed E-state index contributed by atoms with van der Waals surface area (Å²) in [5.74, 6) is 6.71. The zero-order valence-electron chi connectivity index (χ0n) is 12.1. The topological polar surface area (TPSA) is 20.2 Å². The standard InChI is InChI=1S/C15H24OS3/c1-4-17-9-12-7-13(10-18-5-2)15(16)14(8-12)11-19-6-3/h7-8,16H,4-6,9-11H2,1-3H3. The molecule has 0 aromatic heterocycles. The molecule has 0 radical (unpaired) electrons. The van der Waals surface area contributed by atoms with Crippen molar-refractivity contribution in [3.05, 3.63) is 28.8 Å². The summed E-state index contributed by atoms with van der Waals surface area (Å²) < 4.78 is 0. The van der Waals surface area contributed by atoms with Crippen LogP contribution in [-0.4, -0.2) is 22.4 Å². The first-order valence-corrected chi connectivity index (χ1v) is 10.3. The molecule has 0 saturated carbocycles. The van der Waals surface area contributed by atoms with Crippen LogP contribution in [0.5, 0.6) is 5.75 Å². The fourth-order valence-electron chi connectivity index (χ4n) is 1.78. The van der Waals surface area contributed by atoms with E-state index in [-0.39, 0.29) is 0 Å². The van der Waals surface area contributed by atoms with E-state index < -0.39 is 0 Å². The van der Waals surface area contributed by atoms with Gasteiger partial charge in [0.25, 0.3) is 0 Å². The van der Waals surface area contributed by atoms with Gasteiger partial charge in [0.1, 0.15) is 5.75 Å². The van der Waals surface area contributed by atoms with E-state index in [0.29, 0.717) is 5.75 Å². The van der Waals surface area contributed by atoms with Crippen molar-refractivity contribution in [3.63, 3.8) is 0 Å². The predicted octanol–water partition coefficient (Wildman–Crippen LogP) is 5.15. The molecule has 19 heavy (non-hydrogen) atoms. The van der Waals surface area contributed by atoms with E-state index in [1.807, 2.05) is 35.3 Å². The van der Waals surface area contributed by atoms with Gasteiger partial charge in [-0.2, -0.15) is 35.3 Å². The number of aromatic hydroxyl groups is 1. The van der Waals surface area contributed by atoms with Crippen molar-refractivity contribution in [1.82, 2.24) is 0 Å². The third-order valence-electron chi connectivity index (χ3n) is 2.72. The van der Waals surface area contributed by atoms with Crippen molar-refractivity contribution in [1.29, 1.82) is 0 Å².